The van der Waals surface area contributed by atoms with Gasteiger partial charge in [-0.05, 0) is 71.5 Å². The number of amides is 1. The summed E-state index contributed by atoms with van der Waals surface area (Å²) in [6, 6.07) is 17.2. The molecule has 0 bridgehead atoms. The first-order chi connectivity index (χ1) is 24.8. The second-order valence-electron chi connectivity index (χ2n) is 12.0. The predicted octanol–water partition coefficient (Wildman–Crippen LogP) is 6.04. The third kappa shape index (κ3) is 9.64. The van der Waals surface area contributed by atoms with Gasteiger partial charge in [0.25, 0.3) is 0 Å². The number of ether oxygens (including phenoxy) is 2. The third-order valence-electron chi connectivity index (χ3n) is 8.65. The molecule has 0 spiro atoms. The number of piperazine rings is 1. The van der Waals surface area contributed by atoms with Crippen molar-refractivity contribution in [2.24, 2.45) is 0 Å². The van der Waals surface area contributed by atoms with Gasteiger partial charge in [0, 0.05) is 49.2 Å². The van der Waals surface area contributed by atoms with Gasteiger partial charge < -0.3 is 20.1 Å². The van der Waals surface area contributed by atoms with Crippen molar-refractivity contribution in [1.82, 2.24) is 19.9 Å². The molecule has 16 heteroatoms. The van der Waals surface area contributed by atoms with Crippen molar-refractivity contribution in [3.05, 3.63) is 124 Å². The van der Waals surface area contributed by atoms with E-state index in [0.717, 1.165) is 25.4 Å². The lowest BCUT2D eigenvalue weighted by Crippen LogP contribution is -2.53. The summed E-state index contributed by atoms with van der Waals surface area (Å²) in [6.45, 7) is 0.951. The van der Waals surface area contributed by atoms with Crippen LogP contribution in [0, 0.1) is 5.82 Å². The summed E-state index contributed by atoms with van der Waals surface area (Å²) in [7, 11) is -2.77. The van der Waals surface area contributed by atoms with Crippen molar-refractivity contribution in [2.75, 3.05) is 26.7 Å². The highest BCUT2D eigenvalue weighted by molar-refractivity contribution is 7.89. The Morgan fingerprint density at radius 3 is 2.46 bits per heavy atom. The highest BCUT2D eigenvalue weighted by atomic mass is 35.5. The van der Waals surface area contributed by atoms with Crippen LogP contribution in [0.25, 0.3) is 0 Å². The Morgan fingerprint density at radius 1 is 1.04 bits per heavy atom. The Morgan fingerprint density at radius 2 is 1.77 bits per heavy atom. The van der Waals surface area contributed by atoms with Crippen molar-refractivity contribution in [3.8, 4) is 5.75 Å². The number of hydrogen-bond acceptors (Lipinski definition) is 8. The molecule has 0 unspecified atom stereocenters. The second kappa shape index (κ2) is 16.8. The molecule has 0 saturated carbocycles. The average molecular weight is 763 g/mol. The standard InChI is InChI=1S/C36H35ClF4N4O6S/c1-50-35(47)44-34(33(23-10-12-26(37)13-11-23)24-6-5-7-28(18-24)51-36(39,40)41)32(46)19-25-20-43-22-31(38)30(25)15-14-27-21-42-16-17-45(27)52(48,49)29-8-3-2-4-9-29/h2-13,18,20,22,27,33-34,42H,14-17,19,21H2,1H3,(H,44,47)/t27-,33-,34+/m0/s1. The largest absolute Gasteiger partial charge is 0.573 e. The summed E-state index contributed by atoms with van der Waals surface area (Å²) in [5.74, 6) is -3.00. The lowest BCUT2D eigenvalue weighted by molar-refractivity contribution is -0.274. The lowest BCUT2D eigenvalue weighted by Gasteiger charge is -2.35. The van der Waals surface area contributed by atoms with Gasteiger partial charge >= 0.3 is 12.5 Å². The zero-order chi connectivity index (χ0) is 37.5. The molecule has 5 rings (SSSR count). The van der Waals surface area contributed by atoms with Crippen LogP contribution >= 0.6 is 11.6 Å². The van der Waals surface area contributed by atoms with Gasteiger partial charge in [-0.1, -0.05) is 54.1 Å². The van der Waals surface area contributed by atoms with Crippen LogP contribution < -0.4 is 15.4 Å². The zero-order valence-electron chi connectivity index (χ0n) is 27.8. The molecule has 2 heterocycles. The number of alkyl halides is 3. The van der Waals surface area contributed by atoms with Crippen LogP contribution in [0.4, 0.5) is 22.4 Å². The van der Waals surface area contributed by atoms with Crippen molar-refractivity contribution >= 4 is 33.5 Å². The van der Waals surface area contributed by atoms with E-state index in [-0.39, 0.29) is 41.0 Å². The van der Waals surface area contributed by atoms with Gasteiger partial charge in [0.05, 0.1) is 18.2 Å². The topological polar surface area (TPSA) is 127 Å². The summed E-state index contributed by atoms with van der Waals surface area (Å²) in [5, 5.41) is 6.06. The minimum Gasteiger partial charge on any atom is -0.453 e. The number of halogens is 5. The number of pyridine rings is 1. The number of methoxy groups -OCH3 is 1. The highest BCUT2D eigenvalue weighted by Crippen LogP contribution is 2.34. The molecular weight excluding hydrogens is 728 g/mol. The molecule has 4 aromatic rings. The van der Waals surface area contributed by atoms with Crippen LogP contribution in [-0.4, -0.2) is 74.8 Å². The smallest absolute Gasteiger partial charge is 0.453 e. The molecule has 52 heavy (non-hydrogen) atoms. The SMILES string of the molecule is COC(=O)N[C@H](C(=O)Cc1cncc(F)c1CC[C@H]1CNCCN1S(=O)(=O)c1ccccc1)[C@@H](c1ccc(Cl)cc1)c1cccc(OC(F)(F)F)c1. The third-order valence-corrected chi connectivity index (χ3v) is 10.9. The van der Waals surface area contributed by atoms with Gasteiger partial charge in [0.2, 0.25) is 10.0 Å². The zero-order valence-corrected chi connectivity index (χ0v) is 29.3. The van der Waals surface area contributed by atoms with E-state index in [2.05, 4.69) is 20.4 Å². The van der Waals surface area contributed by atoms with Crippen molar-refractivity contribution in [2.45, 2.75) is 48.5 Å². The fourth-order valence-corrected chi connectivity index (χ4v) is 8.07. The second-order valence-corrected chi connectivity index (χ2v) is 14.3. The van der Waals surface area contributed by atoms with Gasteiger partial charge in [-0.15, -0.1) is 13.2 Å². The number of Topliss-reactive ketones (excluding diaryl/α,β-unsaturated/α-hetero) is 1. The predicted molar refractivity (Wildman–Crippen MR) is 184 cm³/mol. The minimum atomic E-state index is -4.99. The summed E-state index contributed by atoms with van der Waals surface area (Å²) >= 11 is 6.12. The number of nitrogens with zero attached hydrogens (tertiary/aromatic N) is 2. The maximum Gasteiger partial charge on any atom is 0.573 e. The molecule has 3 aromatic carbocycles. The van der Waals surface area contributed by atoms with Gasteiger partial charge in [-0.2, -0.15) is 4.31 Å². The van der Waals surface area contributed by atoms with Gasteiger partial charge in [0.1, 0.15) is 17.6 Å². The first kappa shape index (κ1) is 38.7. The number of nitrogens with one attached hydrogen (secondary N) is 2. The Balaban J connectivity index is 1.47. The number of carbonyl (C=O) groups excluding carboxylic acids is 2. The summed E-state index contributed by atoms with van der Waals surface area (Å²) in [4.78, 5) is 31.0. The molecule has 1 aliphatic heterocycles. The number of rotatable bonds is 13. The van der Waals surface area contributed by atoms with E-state index < -0.39 is 64.3 Å². The van der Waals surface area contributed by atoms with Gasteiger partial charge in [-0.3, -0.25) is 9.78 Å². The van der Waals surface area contributed by atoms with E-state index >= 15 is 4.39 Å². The number of benzene rings is 3. The Bertz CT molecular complexity index is 1970. The van der Waals surface area contributed by atoms with Gasteiger partial charge in [0.15, 0.2) is 5.78 Å². The summed E-state index contributed by atoms with van der Waals surface area (Å²) < 4.78 is 92.4. The van der Waals surface area contributed by atoms with Crippen molar-refractivity contribution in [1.29, 1.82) is 0 Å². The van der Waals surface area contributed by atoms with E-state index in [0.29, 0.717) is 23.7 Å². The Kier molecular flexibility index (Phi) is 12.5. The monoisotopic (exact) mass is 762 g/mol. The van der Waals surface area contributed by atoms with Crippen molar-refractivity contribution in [3.63, 3.8) is 0 Å². The number of hydrogen-bond donors (Lipinski definition) is 2. The fraction of sp³-hybridized carbons (Fsp3) is 0.306. The average Bonchev–Trinajstić information content (AvgIpc) is 3.11. The van der Waals surface area contributed by atoms with Crippen LogP contribution in [0.5, 0.6) is 5.75 Å². The number of ketones is 1. The van der Waals surface area contributed by atoms with E-state index in [1.807, 2.05) is 0 Å². The molecule has 1 amide bonds. The van der Waals surface area contributed by atoms with Crippen molar-refractivity contribution < 1.29 is 45.0 Å². The minimum absolute atomic E-state index is 0.0384. The maximum absolute atomic E-state index is 15.5. The maximum atomic E-state index is 15.5. The van der Waals surface area contributed by atoms with E-state index in [9.17, 15) is 31.2 Å². The summed E-state index contributed by atoms with van der Waals surface area (Å²) in [5.41, 5.74) is 0.907. The van der Waals surface area contributed by atoms with E-state index in [4.69, 9.17) is 16.3 Å². The molecule has 3 atom stereocenters. The fourth-order valence-electron chi connectivity index (χ4n) is 6.26. The van der Waals surface area contributed by atoms with Gasteiger partial charge in [-0.25, -0.2) is 17.6 Å². The van der Waals surface area contributed by atoms with Crippen LogP contribution in [0.3, 0.4) is 0 Å². The van der Waals surface area contributed by atoms with Crippen LogP contribution in [0.1, 0.15) is 34.6 Å². The lowest BCUT2D eigenvalue weighted by atomic mass is 9.81. The number of alkyl carbamates (subject to hydrolysis) is 1. The summed E-state index contributed by atoms with van der Waals surface area (Å²) in [6.07, 6.45) is -3.90. The molecule has 1 saturated heterocycles. The van der Waals surface area contributed by atoms with Crippen LogP contribution in [0.2, 0.25) is 5.02 Å². The van der Waals surface area contributed by atoms with Crippen LogP contribution in [-0.2, 0) is 32.4 Å². The molecule has 1 fully saturated rings. The molecular formula is C36H35ClF4N4O6S. The first-order valence-corrected chi connectivity index (χ1v) is 18.0. The highest BCUT2D eigenvalue weighted by Gasteiger charge is 2.36. The molecule has 0 aliphatic carbocycles. The molecule has 1 aromatic heterocycles. The molecule has 0 radical (unpaired) electrons. The Hall–Kier alpha value is -4.57. The molecule has 2 N–H and O–H groups in total. The number of sulfonamides is 1. The quantitative estimate of drug-likeness (QED) is 0.158. The Labute approximate surface area is 303 Å². The number of carbonyl (C=O) groups is 2. The normalized spacial score (nSPS) is 16.5. The van der Waals surface area contributed by atoms with E-state index in [1.165, 1.54) is 46.9 Å². The van der Waals surface area contributed by atoms with Crippen LogP contribution in [0.15, 0.2) is 96.2 Å². The molecule has 1 aliphatic rings. The molecule has 10 nitrogen and oxygen atoms in total. The first-order valence-electron chi connectivity index (χ1n) is 16.1. The number of aromatic nitrogens is 1. The van der Waals surface area contributed by atoms with E-state index in [1.54, 1.807) is 30.3 Å². The molecule has 276 valence electrons.